The van der Waals surface area contributed by atoms with Crippen molar-refractivity contribution in [3.05, 3.63) is 35.4 Å². The van der Waals surface area contributed by atoms with Gasteiger partial charge in [0.25, 0.3) is 6.47 Å². The highest BCUT2D eigenvalue weighted by Crippen LogP contribution is 2.36. The summed E-state index contributed by atoms with van der Waals surface area (Å²) in [4.78, 5) is 22.4. The molecule has 1 aliphatic heterocycles. The first-order chi connectivity index (χ1) is 17.7. The number of halogens is 3. The maximum absolute atomic E-state index is 12.9. The summed E-state index contributed by atoms with van der Waals surface area (Å²) in [6, 6.07) is 4.70. The minimum atomic E-state index is -4.54. The maximum Gasteiger partial charge on any atom is 0.416 e. The lowest BCUT2D eigenvalue weighted by Crippen LogP contribution is -2.45. The molecule has 3 rings (SSSR count). The van der Waals surface area contributed by atoms with Crippen LogP contribution in [0.15, 0.2) is 24.3 Å². The van der Waals surface area contributed by atoms with E-state index in [1.54, 1.807) is 13.0 Å². The number of rotatable bonds is 6. The molecule has 0 radical (unpaired) electrons. The third-order valence-electron chi connectivity index (χ3n) is 5.52. The number of carbonyl (C=O) groups excluding carboxylic acids is 1. The van der Waals surface area contributed by atoms with Crippen LogP contribution < -0.4 is 10.6 Å². The molecule has 1 unspecified atom stereocenters. The number of hydrogen-bond donors (Lipinski definition) is 4. The number of aromatic nitrogens is 2. The number of alkyl carbamates (subject to hydrolysis) is 1. The smallest absolute Gasteiger partial charge is 0.416 e. The zero-order chi connectivity index (χ0) is 28.5. The van der Waals surface area contributed by atoms with Crippen LogP contribution in [-0.2, 0) is 15.7 Å². The molecule has 1 aromatic carbocycles. The Kier molecular flexibility index (Phi) is 10.7. The zero-order valence-electron chi connectivity index (χ0n) is 21.8. The quantitative estimate of drug-likeness (QED) is 0.395. The number of aromatic hydroxyl groups is 1. The topological polar surface area (TPSA) is 137 Å². The molecule has 1 aromatic heterocycles. The molecule has 1 atom stereocenters. The van der Waals surface area contributed by atoms with E-state index in [2.05, 4.69) is 25.7 Å². The minimum absolute atomic E-state index is 0.129. The van der Waals surface area contributed by atoms with Gasteiger partial charge in [-0.2, -0.15) is 13.2 Å². The fourth-order valence-corrected chi connectivity index (χ4v) is 3.95. The van der Waals surface area contributed by atoms with Gasteiger partial charge in [-0.05, 0) is 76.9 Å². The van der Waals surface area contributed by atoms with Crippen molar-refractivity contribution < 1.29 is 37.7 Å². The summed E-state index contributed by atoms with van der Waals surface area (Å²) in [5.74, 6) is 0.0530. The Hall–Kier alpha value is -3.61. The molecule has 38 heavy (non-hydrogen) atoms. The summed E-state index contributed by atoms with van der Waals surface area (Å²) in [5, 5.41) is 31.5. The standard InChI is InChI=1S/C24H32F3N5O3.CH2O2/c1-15-12-20(30-31-21(15)18-8-7-16(13-19(18)33)24(25,26)27)29-17-6-5-10-32(14-17)11-9-28-22(34)35-23(2,3)4;2-1-3/h7-8,12-13,17,33H,5-6,9-11,14H2,1-4H3,(H,28,34)(H,29,30);1H,(H,2,3). The Morgan fingerprint density at radius 1 is 1.24 bits per heavy atom. The molecule has 1 amide bonds. The van der Waals surface area contributed by atoms with Crippen LogP contribution in [0, 0.1) is 6.92 Å². The van der Waals surface area contributed by atoms with Gasteiger partial charge in [0.15, 0.2) is 0 Å². The number of aryl methyl sites for hydroxylation is 1. The van der Waals surface area contributed by atoms with Crippen molar-refractivity contribution in [3.63, 3.8) is 0 Å². The van der Waals surface area contributed by atoms with E-state index in [1.807, 2.05) is 20.8 Å². The predicted octanol–water partition coefficient (Wildman–Crippen LogP) is 4.28. The van der Waals surface area contributed by atoms with Gasteiger partial charge < -0.3 is 25.6 Å². The molecule has 1 aliphatic rings. The van der Waals surface area contributed by atoms with Gasteiger partial charge in [-0.15, -0.1) is 10.2 Å². The fraction of sp³-hybridized carbons (Fsp3) is 0.520. The number of nitrogens with zero attached hydrogens (tertiary/aromatic N) is 3. The number of nitrogens with one attached hydrogen (secondary N) is 2. The Balaban J connectivity index is 0.00000161. The summed E-state index contributed by atoms with van der Waals surface area (Å²) in [6.07, 6.45) is -3.05. The summed E-state index contributed by atoms with van der Waals surface area (Å²) >= 11 is 0. The molecule has 2 aromatic rings. The summed E-state index contributed by atoms with van der Waals surface area (Å²) in [5.41, 5.74) is -0.279. The first-order valence-corrected chi connectivity index (χ1v) is 12.0. The van der Waals surface area contributed by atoms with Crippen LogP contribution >= 0.6 is 0 Å². The third kappa shape index (κ3) is 9.69. The molecule has 0 spiro atoms. The van der Waals surface area contributed by atoms with Gasteiger partial charge in [0.2, 0.25) is 0 Å². The highest BCUT2D eigenvalue weighted by Gasteiger charge is 2.31. The molecule has 1 saturated heterocycles. The van der Waals surface area contributed by atoms with Crippen molar-refractivity contribution in [1.82, 2.24) is 20.4 Å². The van der Waals surface area contributed by atoms with Gasteiger partial charge in [0, 0.05) is 31.2 Å². The van der Waals surface area contributed by atoms with Gasteiger partial charge in [-0.25, -0.2) is 4.79 Å². The summed E-state index contributed by atoms with van der Waals surface area (Å²) < 4.78 is 43.9. The second-order valence-electron chi connectivity index (χ2n) is 9.81. The van der Waals surface area contributed by atoms with Crippen molar-refractivity contribution in [2.45, 2.75) is 58.4 Å². The highest BCUT2D eigenvalue weighted by atomic mass is 19.4. The number of anilines is 1. The average Bonchev–Trinajstić information content (AvgIpc) is 2.79. The summed E-state index contributed by atoms with van der Waals surface area (Å²) in [6.45, 7) is 9.82. The lowest BCUT2D eigenvalue weighted by molar-refractivity contribution is -0.137. The third-order valence-corrected chi connectivity index (χ3v) is 5.52. The molecule has 2 heterocycles. The van der Waals surface area contributed by atoms with Crippen molar-refractivity contribution >= 4 is 18.4 Å². The van der Waals surface area contributed by atoms with Gasteiger partial charge in [0.1, 0.15) is 17.2 Å². The number of carbonyl (C=O) groups is 2. The van der Waals surface area contributed by atoms with Crippen molar-refractivity contribution in [2.75, 3.05) is 31.5 Å². The number of phenolic OH excluding ortho intramolecular Hbond substituents is 1. The van der Waals surface area contributed by atoms with Crippen LogP contribution in [0.5, 0.6) is 5.75 Å². The Labute approximate surface area is 219 Å². The summed E-state index contributed by atoms with van der Waals surface area (Å²) in [7, 11) is 0. The van der Waals surface area contributed by atoms with Gasteiger partial charge in [-0.1, -0.05) is 0 Å². The molecule has 0 bridgehead atoms. The molecular weight excluding hydrogens is 507 g/mol. The zero-order valence-corrected chi connectivity index (χ0v) is 21.8. The molecule has 10 nitrogen and oxygen atoms in total. The lowest BCUT2D eigenvalue weighted by Gasteiger charge is -2.33. The number of hydrogen-bond acceptors (Lipinski definition) is 8. The van der Waals surface area contributed by atoms with E-state index in [-0.39, 0.29) is 18.1 Å². The number of likely N-dealkylation sites (tertiary alicyclic amines) is 1. The molecule has 1 fully saturated rings. The van der Waals surface area contributed by atoms with E-state index in [1.165, 1.54) is 6.07 Å². The van der Waals surface area contributed by atoms with Crippen LogP contribution in [-0.4, -0.2) is 75.7 Å². The van der Waals surface area contributed by atoms with E-state index in [4.69, 9.17) is 14.6 Å². The largest absolute Gasteiger partial charge is 0.507 e. The first-order valence-electron chi connectivity index (χ1n) is 12.0. The van der Waals surface area contributed by atoms with E-state index >= 15 is 0 Å². The molecule has 4 N–H and O–H groups in total. The molecular formula is C25H34F3N5O5. The van der Waals surface area contributed by atoms with E-state index < -0.39 is 29.2 Å². The number of amides is 1. The molecule has 0 saturated carbocycles. The van der Waals surface area contributed by atoms with Gasteiger partial charge >= 0.3 is 12.3 Å². The maximum atomic E-state index is 12.9. The van der Waals surface area contributed by atoms with E-state index in [0.717, 1.165) is 32.0 Å². The van der Waals surface area contributed by atoms with Gasteiger partial charge in [-0.3, -0.25) is 9.69 Å². The number of phenols is 1. The first kappa shape index (κ1) is 30.6. The number of alkyl halides is 3. The van der Waals surface area contributed by atoms with Crippen molar-refractivity contribution in [1.29, 1.82) is 0 Å². The number of piperidine rings is 1. The number of ether oxygens (including phenoxy) is 1. The Bertz CT molecular complexity index is 1090. The SMILES string of the molecule is Cc1cc(NC2CCCN(CCNC(=O)OC(C)(C)C)C2)nnc1-c1ccc(C(F)(F)F)cc1O.O=CO. The Morgan fingerprint density at radius 2 is 1.92 bits per heavy atom. The molecule has 0 aliphatic carbocycles. The minimum Gasteiger partial charge on any atom is -0.507 e. The van der Waals surface area contributed by atoms with Crippen LogP contribution in [0.25, 0.3) is 11.3 Å². The number of carboxylic acid groups (broad SMARTS) is 1. The van der Waals surface area contributed by atoms with E-state index in [9.17, 15) is 23.1 Å². The second kappa shape index (κ2) is 13.3. The van der Waals surface area contributed by atoms with Gasteiger partial charge in [0.05, 0.1) is 11.3 Å². The monoisotopic (exact) mass is 541 g/mol. The van der Waals surface area contributed by atoms with Crippen LogP contribution in [0.3, 0.4) is 0 Å². The van der Waals surface area contributed by atoms with Crippen LogP contribution in [0.4, 0.5) is 23.8 Å². The molecule has 210 valence electrons. The number of benzene rings is 1. The highest BCUT2D eigenvalue weighted by molar-refractivity contribution is 5.70. The van der Waals surface area contributed by atoms with Crippen LogP contribution in [0.1, 0.15) is 44.7 Å². The normalized spacial score (nSPS) is 16.1. The molecule has 13 heteroatoms. The van der Waals surface area contributed by atoms with Crippen molar-refractivity contribution in [2.24, 2.45) is 0 Å². The second-order valence-corrected chi connectivity index (χ2v) is 9.81. The lowest BCUT2D eigenvalue weighted by atomic mass is 10.0. The average molecular weight is 542 g/mol. The van der Waals surface area contributed by atoms with E-state index in [0.29, 0.717) is 36.2 Å². The predicted molar refractivity (Wildman–Crippen MR) is 135 cm³/mol. The fourth-order valence-electron chi connectivity index (χ4n) is 3.95. The van der Waals surface area contributed by atoms with Crippen LogP contribution in [0.2, 0.25) is 0 Å². The Morgan fingerprint density at radius 3 is 2.50 bits per heavy atom. The van der Waals surface area contributed by atoms with Crippen molar-refractivity contribution in [3.8, 4) is 17.0 Å².